The maximum absolute atomic E-state index is 9.72. The van der Waals surface area contributed by atoms with Crippen molar-refractivity contribution in [3.63, 3.8) is 0 Å². The molecular weight excluding hydrogens is 448 g/mol. The SMILES string of the molecule is Cc1c(CCC(C)C)cc(-c2ccc(N3CCC(Oc4cccnc4)CC3)nc2)c2c(C#N)cnn12. The topological polar surface area (TPSA) is 79.3 Å². The molecule has 7 nitrogen and oxygen atoms in total. The molecule has 1 fully saturated rings. The van der Waals surface area contributed by atoms with Crippen LogP contribution in [0.2, 0.25) is 0 Å². The molecule has 0 saturated carbocycles. The van der Waals surface area contributed by atoms with Gasteiger partial charge in [0.2, 0.25) is 0 Å². The highest BCUT2D eigenvalue weighted by Gasteiger charge is 2.22. The van der Waals surface area contributed by atoms with Crippen molar-refractivity contribution in [1.82, 2.24) is 19.6 Å². The minimum absolute atomic E-state index is 0.195. The van der Waals surface area contributed by atoms with Crippen molar-refractivity contribution in [3.8, 4) is 22.9 Å². The summed E-state index contributed by atoms with van der Waals surface area (Å²) in [6, 6.07) is 12.6. The van der Waals surface area contributed by atoms with Gasteiger partial charge < -0.3 is 9.64 Å². The van der Waals surface area contributed by atoms with Crippen molar-refractivity contribution < 1.29 is 4.74 Å². The minimum Gasteiger partial charge on any atom is -0.489 e. The summed E-state index contributed by atoms with van der Waals surface area (Å²) < 4.78 is 8.00. The fraction of sp³-hybridized carbons (Fsp3) is 0.379. The first-order valence-corrected chi connectivity index (χ1v) is 12.7. The van der Waals surface area contributed by atoms with Crippen LogP contribution in [0.4, 0.5) is 5.82 Å². The first-order chi connectivity index (χ1) is 17.5. The Labute approximate surface area is 212 Å². The monoisotopic (exact) mass is 480 g/mol. The van der Waals surface area contributed by atoms with E-state index >= 15 is 0 Å². The summed E-state index contributed by atoms with van der Waals surface area (Å²) in [5.41, 5.74) is 5.81. The molecule has 0 atom stereocenters. The Kier molecular flexibility index (Phi) is 6.86. The van der Waals surface area contributed by atoms with Crippen molar-refractivity contribution in [1.29, 1.82) is 5.26 Å². The Morgan fingerprint density at radius 3 is 2.64 bits per heavy atom. The first-order valence-electron chi connectivity index (χ1n) is 12.7. The van der Waals surface area contributed by atoms with Crippen LogP contribution in [0.15, 0.2) is 55.1 Å². The van der Waals surface area contributed by atoms with Gasteiger partial charge in [-0.25, -0.2) is 9.50 Å². The predicted octanol–water partition coefficient (Wildman–Crippen LogP) is 5.61. The average molecular weight is 481 g/mol. The fourth-order valence-corrected chi connectivity index (χ4v) is 4.89. The smallest absolute Gasteiger partial charge is 0.137 e. The molecule has 4 aromatic rings. The van der Waals surface area contributed by atoms with Gasteiger partial charge in [0.25, 0.3) is 0 Å². The number of hydrogen-bond acceptors (Lipinski definition) is 6. The largest absolute Gasteiger partial charge is 0.489 e. The number of ether oxygens (including phenoxy) is 1. The molecule has 5 rings (SSSR count). The molecule has 0 bridgehead atoms. The second kappa shape index (κ2) is 10.4. The van der Waals surface area contributed by atoms with Crippen LogP contribution in [0.1, 0.15) is 49.9 Å². The Bertz CT molecular complexity index is 1360. The first kappa shape index (κ1) is 23.8. The third-order valence-electron chi connectivity index (χ3n) is 7.00. The molecule has 0 unspecified atom stereocenters. The van der Waals surface area contributed by atoms with Crippen molar-refractivity contribution in [2.24, 2.45) is 5.92 Å². The van der Waals surface area contributed by atoms with E-state index in [4.69, 9.17) is 9.72 Å². The summed E-state index contributed by atoms with van der Waals surface area (Å²) in [5, 5.41) is 14.3. The van der Waals surface area contributed by atoms with Gasteiger partial charge in [-0.3, -0.25) is 4.98 Å². The number of nitrogens with zero attached hydrogens (tertiary/aromatic N) is 6. The van der Waals surface area contributed by atoms with Gasteiger partial charge in [-0.1, -0.05) is 13.8 Å². The maximum atomic E-state index is 9.72. The lowest BCUT2D eigenvalue weighted by molar-refractivity contribution is 0.170. The minimum atomic E-state index is 0.195. The Morgan fingerprint density at radius 1 is 1.14 bits per heavy atom. The predicted molar refractivity (Wildman–Crippen MR) is 141 cm³/mol. The molecule has 36 heavy (non-hydrogen) atoms. The second-order valence-corrected chi connectivity index (χ2v) is 9.93. The molecule has 1 aliphatic heterocycles. The summed E-state index contributed by atoms with van der Waals surface area (Å²) in [6.07, 6.45) is 11.3. The fourth-order valence-electron chi connectivity index (χ4n) is 4.89. The Balaban J connectivity index is 1.36. The van der Waals surface area contributed by atoms with Crippen molar-refractivity contribution in [3.05, 3.63) is 71.9 Å². The van der Waals surface area contributed by atoms with E-state index in [0.29, 0.717) is 11.5 Å². The standard InChI is InChI=1S/C29H32N6O/c1-20(2)6-7-22-15-27(29-24(16-30)18-33-35(29)21(22)3)23-8-9-28(32-17-23)34-13-10-25(11-14-34)36-26-5-4-12-31-19-26/h4-5,8-9,12,15,17-20,25H,6-7,10-11,13-14H2,1-3H3. The van der Waals surface area contributed by atoms with Crippen LogP contribution in [0.5, 0.6) is 5.75 Å². The number of piperidine rings is 1. The van der Waals surface area contributed by atoms with Gasteiger partial charge in [0, 0.05) is 55.1 Å². The van der Waals surface area contributed by atoms with Crippen LogP contribution in [-0.2, 0) is 6.42 Å². The number of pyridine rings is 3. The summed E-state index contributed by atoms with van der Waals surface area (Å²) in [4.78, 5) is 11.3. The molecule has 0 aliphatic carbocycles. The summed E-state index contributed by atoms with van der Waals surface area (Å²) in [6.45, 7) is 8.36. The molecule has 184 valence electrons. The van der Waals surface area contributed by atoms with E-state index in [-0.39, 0.29) is 6.10 Å². The quantitative estimate of drug-likeness (QED) is 0.342. The molecule has 5 heterocycles. The Hall–Kier alpha value is -3.92. The molecule has 0 amide bonds. The zero-order valence-electron chi connectivity index (χ0n) is 21.2. The van der Waals surface area contributed by atoms with Gasteiger partial charge >= 0.3 is 0 Å². The van der Waals surface area contributed by atoms with E-state index in [1.54, 1.807) is 18.6 Å². The molecule has 0 aromatic carbocycles. The van der Waals surface area contributed by atoms with E-state index in [2.05, 4.69) is 60.0 Å². The lowest BCUT2D eigenvalue weighted by atomic mass is 9.97. The number of aromatic nitrogens is 4. The van der Waals surface area contributed by atoms with Gasteiger partial charge in [-0.05, 0) is 61.6 Å². The maximum Gasteiger partial charge on any atom is 0.137 e. The van der Waals surface area contributed by atoms with E-state index in [0.717, 1.165) is 72.7 Å². The van der Waals surface area contributed by atoms with Crippen molar-refractivity contribution >= 4 is 11.3 Å². The molecule has 0 radical (unpaired) electrons. The molecule has 7 heteroatoms. The normalized spacial score (nSPS) is 14.4. The van der Waals surface area contributed by atoms with Crippen molar-refractivity contribution in [2.75, 3.05) is 18.0 Å². The summed E-state index contributed by atoms with van der Waals surface area (Å²) in [7, 11) is 0. The van der Waals surface area contributed by atoms with E-state index < -0.39 is 0 Å². The number of rotatable bonds is 7. The van der Waals surface area contributed by atoms with E-state index in [1.807, 2.05) is 22.8 Å². The molecule has 1 saturated heterocycles. The van der Waals surface area contributed by atoms with Crippen LogP contribution in [0.3, 0.4) is 0 Å². The molecule has 4 aromatic heterocycles. The Morgan fingerprint density at radius 2 is 1.97 bits per heavy atom. The van der Waals surface area contributed by atoms with Crippen LogP contribution in [0, 0.1) is 24.2 Å². The average Bonchev–Trinajstić information content (AvgIpc) is 3.34. The summed E-state index contributed by atoms with van der Waals surface area (Å²) >= 11 is 0. The van der Waals surface area contributed by atoms with Gasteiger partial charge in [0.1, 0.15) is 23.7 Å². The van der Waals surface area contributed by atoms with Gasteiger partial charge in [0.15, 0.2) is 0 Å². The zero-order valence-corrected chi connectivity index (χ0v) is 21.2. The van der Waals surface area contributed by atoms with E-state index in [1.165, 1.54) is 5.56 Å². The van der Waals surface area contributed by atoms with Gasteiger partial charge in [0.05, 0.1) is 23.5 Å². The number of nitriles is 1. The van der Waals surface area contributed by atoms with Gasteiger partial charge in [-0.15, -0.1) is 0 Å². The van der Waals surface area contributed by atoms with Crippen LogP contribution in [-0.4, -0.2) is 38.8 Å². The highest BCUT2D eigenvalue weighted by atomic mass is 16.5. The number of fused-ring (bicyclic) bond motifs is 1. The van der Waals surface area contributed by atoms with Crippen molar-refractivity contribution in [2.45, 2.75) is 52.6 Å². The van der Waals surface area contributed by atoms with Crippen LogP contribution >= 0.6 is 0 Å². The third-order valence-corrected chi connectivity index (χ3v) is 7.00. The third kappa shape index (κ3) is 4.90. The van der Waals surface area contributed by atoms with Gasteiger partial charge in [-0.2, -0.15) is 10.4 Å². The second-order valence-electron chi connectivity index (χ2n) is 9.93. The van der Waals surface area contributed by atoms with Crippen LogP contribution in [0.25, 0.3) is 16.6 Å². The molecular formula is C29H32N6O. The highest BCUT2D eigenvalue weighted by Crippen LogP contribution is 2.32. The molecule has 1 aliphatic rings. The number of aryl methyl sites for hydroxylation is 2. The lowest BCUT2D eigenvalue weighted by Crippen LogP contribution is -2.38. The summed E-state index contributed by atoms with van der Waals surface area (Å²) in [5.74, 6) is 2.42. The number of anilines is 1. The lowest BCUT2D eigenvalue weighted by Gasteiger charge is -2.33. The zero-order chi connectivity index (χ0) is 25.1. The van der Waals surface area contributed by atoms with E-state index in [9.17, 15) is 5.26 Å². The molecule has 0 spiro atoms. The highest BCUT2D eigenvalue weighted by molar-refractivity contribution is 5.85. The molecule has 0 N–H and O–H groups in total. The number of hydrogen-bond donors (Lipinski definition) is 0. The van der Waals surface area contributed by atoms with Crippen LogP contribution < -0.4 is 9.64 Å².